The Labute approximate surface area is 163 Å². The normalized spacial score (nSPS) is 12.4. The second-order valence-corrected chi connectivity index (χ2v) is 6.18. The molecule has 6 nitrogen and oxygen atoms in total. The number of methoxy groups -OCH3 is 1. The van der Waals surface area contributed by atoms with E-state index >= 15 is 0 Å². The van der Waals surface area contributed by atoms with E-state index < -0.39 is 29.7 Å². The standard InChI is InChI=1S/C20H16F3N3O3/c1-29-19(28)17(10-14-11-24-15-4-2-3-5-16(15)25-14)26-18(27)12-6-8-13(9-7-12)20(21,22)23/h2-9,11,17H,10H2,1H3,(H,26,27)/t17-/m0/s1. The molecule has 0 aliphatic heterocycles. The lowest BCUT2D eigenvalue weighted by Crippen LogP contribution is -2.43. The van der Waals surface area contributed by atoms with Crippen molar-refractivity contribution in [3.8, 4) is 0 Å². The van der Waals surface area contributed by atoms with Crippen molar-refractivity contribution < 1.29 is 27.5 Å². The lowest BCUT2D eigenvalue weighted by atomic mass is 10.1. The molecule has 9 heteroatoms. The number of para-hydroxylation sites is 2. The zero-order valence-corrected chi connectivity index (χ0v) is 15.2. The fourth-order valence-electron chi connectivity index (χ4n) is 2.69. The predicted octanol–water partition coefficient (Wildman–Crippen LogP) is 3.16. The van der Waals surface area contributed by atoms with Gasteiger partial charge in [-0.05, 0) is 36.4 Å². The molecule has 29 heavy (non-hydrogen) atoms. The van der Waals surface area contributed by atoms with Crippen molar-refractivity contribution in [3.05, 3.63) is 71.5 Å². The van der Waals surface area contributed by atoms with E-state index in [1.54, 1.807) is 18.2 Å². The number of ether oxygens (including phenoxy) is 1. The van der Waals surface area contributed by atoms with Crippen LogP contribution in [0.2, 0.25) is 0 Å². The molecule has 2 aromatic carbocycles. The first-order valence-electron chi connectivity index (χ1n) is 8.54. The summed E-state index contributed by atoms with van der Waals surface area (Å²) in [6.45, 7) is 0. The molecule has 0 saturated heterocycles. The number of carbonyl (C=O) groups is 2. The number of fused-ring (bicyclic) bond motifs is 1. The minimum absolute atomic E-state index is 0.0108. The maximum atomic E-state index is 12.7. The topological polar surface area (TPSA) is 81.2 Å². The highest BCUT2D eigenvalue weighted by molar-refractivity contribution is 5.96. The first-order valence-corrected chi connectivity index (χ1v) is 8.54. The minimum Gasteiger partial charge on any atom is -0.467 e. The number of amides is 1. The Hall–Kier alpha value is -3.49. The van der Waals surface area contributed by atoms with Crippen LogP contribution in [0, 0.1) is 0 Å². The highest BCUT2D eigenvalue weighted by atomic mass is 19.4. The number of carbonyl (C=O) groups excluding carboxylic acids is 2. The quantitative estimate of drug-likeness (QED) is 0.662. The van der Waals surface area contributed by atoms with E-state index in [4.69, 9.17) is 4.74 Å². The van der Waals surface area contributed by atoms with Crippen molar-refractivity contribution in [2.24, 2.45) is 0 Å². The van der Waals surface area contributed by atoms with Gasteiger partial charge in [-0.2, -0.15) is 13.2 Å². The van der Waals surface area contributed by atoms with Gasteiger partial charge < -0.3 is 10.1 Å². The van der Waals surface area contributed by atoms with Crippen LogP contribution in [0.5, 0.6) is 0 Å². The fraction of sp³-hybridized carbons (Fsp3) is 0.200. The largest absolute Gasteiger partial charge is 0.467 e. The van der Waals surface area contributed by atoms with E-state index in [1.807, 2.05) is 6.07 Å². The van der Waals surface area contributed by atoms with Gasteiger partial charge in [0.25, 0.3) is 5.91 Å². The zero-order valence-electron chi connectivity index (χ0n) is 15.2. The summed E-state index contributed by atoms with van der Waals surface area (Å²) in [5.41, 5.74) is 0.871. The maximum Gasteiger partial charge on any atom is 0.416 e. The first kappa shape index (κ1) is 20.2. The van der Waals surface area contributed by atoms with E-state index in [-0.39, 0.29) is 12.0 Å². The van der Waals surface area contributed by atoms with Gasteiger partial charge in [0.15, 0.2) is 0 Å². The summed E-state index contributed by atoms with van der Waals surface area (Å²) < 4.78 is 42.7. The van der Waals surface area contributed by atoms with Crippen LogP contribution in [-0.4, -0.2) is 35.0 Å². The third-order valence-electron chi connectivity index (χ3n) is 4.18. The molecule has 1 N–H and O–H groups in total. The highest BCUT2D eigenvalue weighted by Crippen LogP contribution is 2.29. The van der Waals surface area contributed by atoms with Gasteiger partial charge in [-0.15, -0.1) is 0 Å². The highest BCUT2D eigenvalue weighted by Gasteiger charge is 2.30. The van der Waals surface area contributed by atoms with Crippen molar-refractivity contribution >= 4 is 22.9 Å². The fourth-order valence-corrected chi connectivity index (χ4v) is 2.69. The van der Waals surface area contributed by atoms with Gasteiger partial charge in [0.05, 0.1) is 29.4 Å². The Kier molecular flexibility index (Phi) is 5.76. The molecule has 1 atom stereocenters. The smallest absolute Gasteiger partial charge is 0.416 e. The molecule has 3 aromatic rings. The van der Waals surface area contributed by atoms with Gasteiger partial charge in [-0.1, -0.05) is 12.1 Å². The summed E-state index contributed by atoms with van der Waals surface area (Å²) in [5, 5.41) is 2.48. The number of rotatable bonds is 5. The summed E-state index contributed by atoms with van der Waals surface area (Å²) in [5.74, 6) is -1.41. The number of hydrogen-bond donors (Lipinski definition) is 1. The number of halogens is 3. The van der Waals surface area contributed by atoms with Crippen molar-refractivity contribution in [2.45, 2.75) is 18.6 Å². The summed E-state index contributed by atoms with van der Waals surface area (Å²) in [7, 11) is 1.17. The number of nitrogens with one attached hydrogen (secondary N) is 1. The summed E-state index contributed by atoms with van der Waals surface area (Å²) in [6, 6.07) is 9.78. The van der Waals surface area contributed by atoms with Crippen LogP contribution in [-0.2, 0) is 22.1 Å². The van der Waals surface area contributed by atoms with Crippen LogP contribution in [0.3, 0.4) is 0 Å². The molecule has 0 bridgehead atoms. The predicted molar refractivity (Wildman–Crippen MR) is 98.0 cm³/mol. The molecule has 1 heterocycles. The van der Waals surface area contributed by atoms with Gasteiger partial charge in [-0.25, -0.2) is 9.78 Å². The molecule has 0 spiro atoms. The molecule has 3 rings (SSSR count). The Balaban J connectivity index is 1.77. The molecule has 0 aliphatic carbocycles. The Morgan fingerprint density at radius 2 is 1.72 bits per heavy atom. The number of alkyl halides is 3. The number of benzene rings is 2. The second-order valence-electron chi connectivity index (χ2n) is 6.18. The van der Waals surface area contributed by atoms with Gasteiger partial charge in [0, 0.05) is 18.2 Å². The lowest BCUT2D eigenvalue weighted by Gasteiger charge is -2.16. The molecule has 1 aromatic heterocycles. The molecular formula is C20H16F3N3O3. The average Bonchev–Trinajstić information content (AvgIpc) is 2.72. The lowest BCUT2D eigenvalue weighted by molar-refractivity contribution is -0.143. The molecule has 0 unspecified atom stereocenters. The van der Waals surface area contributed by atoms with Crippen LogP contribution in [0.25, 0.3) is 11.0 Å². The van der Waals surface area contributed by atoms with E-state index in [0.29, 0.717) is 16.7 Å². The Morgan fingerprint density at radius 1 is 1.07 bits per heavy atom. The van der Waals surface area contributed by atoms with Gasteiger partial charge in [0.2, 0.25) is 0 Å². The monoisotopic (exact) mass is 403 g/mol. The summed E-state index contributed by atoms with van der Waals surface area (Å²) in [4.78, 5) is 33.2. The summed E-state index contributed by atoms with van der Waals surface area (Å²) >= 11 is 0. The SMILES string of the molecule is COC(=O)[C@H](Cc1cnc2ccccc2n1)NC(=O)c1ccc(C(F)(F)F)cc1. The van der Waals surface area contributed by atoms with E-state index in [9.17, 15) is 22.8 Å². The Bertz CT molecular complexity index is 1040. The van der Waals surface area contributed by atoms with E-state index in [0.717, 1.165) is 24.3 Å². The van der Waals surface area contributed by atoms with E-state index in [2.05, 4.69) is 15.3 Å². The molecular weight excluding hydrogens is 387 g/mol. The molecule has 0 fully saturated rings. The van der Waals surface area contributed by atoms with Crippen LogP contribution in [0.1, 0.15) is 21.6 Å². The third kappa shape index (κ3) is 4.87. The number of aromatic nitrogens is 2. The van der Waals surface area contributed by atoms with Crippen molar-refractivity contribution in [3.63, 3.8) is 0 Å². The number of esters is 1. The van der Waals surface area contributed by atoms with Crippen molar-refractivity contribution in [1.82, 2.24) is 15.3 Å². The minimum atomic E-state index is -4.50. The molecule has 1 amide bonds. The third-order valence-corrected chi connectivity index (χ3v) is 4.18. The first-order chi connectivity index (χ1) is 13.8. The van der Waals surface area contributed by atoms with Crippen LogP contribution >= 0.6 is 0 Å². The molecule has 0 aliphatic rings. The number of nitrogens with zero attached hydrogens (tertiary/aromatic N) is 2. The van der Waals surface area contributed by atoms with E-state index in [1.165, 1.54) is 13.3 Å². The van der Waals surface area contributed by atoms with Crippen LogP contribution < -0.4 is 5.32 Å². The molecule has 150 valence electrons. The van der Waals surface area contributed by atoms with Crippen molar-refractivity contribution in [2.75, 3.05) is 7.11 Å². The molecule has 0 radical (unpaired) electrons. The summed E-state index contributed by atoms with van der Waals surface area (Å²) in [6.07, 6.45) is -3.00. The van der Waals surface area contributed by atoms with Gasteiger partial charge in [0.1, 0.15) is 6.04 Å². The van der Waals surface area contributed by atoms with Crippen LogP contribution in [0.15, 0.2) is 54.7 Å². The number of hydrogen-bond acceptors (Lipinski definition) is 5. The van der Waals surface area contributed by atoms with Gasteiger partial charge >= 0.3 is 12.1 Å². The second kappa shape index (κ2) is 8.26. The molecule has 0 saturated carbocycles. The van der Waals surface area contributed by atoms with Gasteiger partial charge in [-0.3, -0.25) is 9.78 Å². The maximum absolute atomic E-state index is 12.7. The average molecular weight is 403 g/mol. The zero-order chi connectivity index (χ0) is 21.0. The Morgan fingerprint density at radius 3 is 2.34 bits per heavy atom. The van der Waals surface area contributed by atoms with Crippen molar-refractivity contribution in [1.29, 1.82) is 0 Å². The van der Waals surface area contributed by atoms with Crippen LogP contribution in [0.4, 0.5) is 13.2 Å².